The Hall–Kier alpha value is -0.530. The third-order valence-electron chi connectivity index (χ3n) is 1.95. The third-order valence-corrected chi connectivity index (χ3v) is 2.20. The lowest BCUT2D eigenvalue weighted by Gasteiger charge is -2.09. The van der Waals surface area contributed by atoms with Gasteiger partial charge in [0.15, 0.2) is 0 Å². The summed E-state index contributed by atoms with van der Waals surface area (Å²) >= 11 is 5.77. The van der Waals surface area contributed by atoms with Crippen LogP contribution in [0.15, 0.2) is 24.3 Å². The summed E-state index contributed by atoms with van der Waals surface area (Å²) in [5.74, 6) is 0. The maximum Gasteiger partial charge on any atom is 0.0406 e. The molecule has 0 fully saturated rings. The normalized spacial score (nSPS) is 11.5. The number of benzene rings is 1. The maximum atomic E-state index is 5.77. The van der Waals surface area contributed by atoms with Crippen molar-refractivity contribution in [3.05, 3.63) is 34.9 Å². The van der Waals surface area contributed by atoms with E-state index in [1.54, 1.807) is 0 Å². The standard InChI is InChI=1S/C10H14ClN.C2H6/c1-8(12-2)7-9-3-5-10(11)6-4-9;1-2/h3-6,8,12H,7H2,1-2H3;1-2H3. The van der Waals surface area contributed by atoms with Gasteiger partial charge in [0.1, 0.15) is 0 Å². The number of nitrogens with one attached hydrogen (secondary N) is 1. The van der Waals surface area contributed by atoms with Crippen molar-refractivity contribution >= 4 is 11.6 Å². The van der Waals surface area contributed by atoms with E-state index in [1.807, 2.05) is 33.0 Å². The molecular formula is C12H20ClN. The highest BCUT2D eigenvalue weighted by Crippen LogP contribution is 2.10. The molecule has 0 radical (unpaired) electrons. The van der Waals surface area contributed by atoms with Crippen molar-refractivity contribution < 1.29 is 0 Å². The van der Waals surface area contributed by atoms with Crippen molar-refractivity contribution in [2.75, 3.05) is 7.05 Å². The van der Waals surface area contributed by atoms with E-state index < -0.39 is 0 Å². The Labute approximate surface area is 92.5 Å². The van der Waals surface area contributed by atoms with Crippen LogP contribution >= 0.6 is 11.6 Å². The highest BCUT2D eigenvalue weighted by atomic mass is 35.5. The molecule has 0 aliphatic heterocycles. The zero-order valence-electron chi connectivity index (χ0n) is 9.47. The van der Waals surface area contributed by atoms with E-state index >= 15 is 0 Å². The van der Waals surface area contributed by atoms with Crippen LogP contribution in [0.4, 0.5) is 0 Å². The molecule has 0 heterocycles. The molecule has 1 N–H and O–H groups in total. The molecule has 1 aromatic carbocycles. The van der Waals surface area contributed by atoms with Crippen molar-refractivity contribution in [1.29, 1.82) is 0 Å². The number of rotatable bonds is 3. The van der Waals surface area contributed by atoms with E-state index in [2.05, 4.69) is 24.4 Å². The predicted molar refractivity (Wildman–Crippen MR) is 65.0 cm³/mol. The molecule has 0 bridgehead atoms. The summed E-state index contributed by atoms with van der Waals surface area (Å²) in [4.78, 5) is 0. The maximum absolute atomic E-state index is 5.77. The number of likely N-dealkylation sites (N-methyl/N-ethyl adjacent to an activating group) is 1. The van der Waals surface area contributed by atoms with Crippen LogP contribution in [0.3, 0.4) is 0 Å². The van der Waals surface area contributed by atoms with E-state index in [9.17, 15) is 0 Å². The average molecular weight is 214 g/mol. The van der Waals surface area contributed by atoms with Gasteiger partial charge in [-0.3, -0.25) is 0 Å². The highest BCUT2D eigenvalue weighted by molar-refractivity contribution is 6.30. The first-order chi connectivity index (χ1) is 6.72. The molecule has 0 saturated heterocycles. The molecule has 0 aromatic heterocycles. The smallest absolute Gasteiger partial charge is 0.0406 e. The Morgan fingerprint density at radius 2 is 1.71 bits per heavy atom. The summed E-state index contributed by atoms with van der Waals surface area (Å²) < 4.78 is 0. The molecule has 1 aromatic rings. The fourth-order valence-electron chi connectivity index (χ4n) is 1.08. The third kappa shape index (κ3) is 5.25. The first-order valence-corrected chi connectivity index (χ1v) is 5.52. The first-order valence-electron chi connectivity index (χ1n) is 5.14. The van der Waals surface area contributed by atoms with Crippen LogP contribution in [-0.4, -0.2) is 13.1 Å². The van der Waals surface area contributed by atoms with E-state index in [-0.39, 0.29) is 0 Å². The summed E-state index contributed by atoms with van der Waals surface area (Å²) in [5, 5.41) is 4.00. The molecule has 2 heteroatoms. The second kappa shape index (κ2) is 7.84. The van der Waals surface area contributed by atoms with Gasteiger partial charge in [0.2, 0.25) is 0 Å². The minimum absolute atomic E-state index is 0.520. The van der Waals surface area contributed by atoms with Crippen LogP contribution < -0.4 is 5.32 Å². The minimum Gasteiger partial charge on any atom is -0.317 e. The molecule has 1 nitrogen and oxygen atoms in total. The number of hydrogen-bond acceptors (Lipinski definition) is 1. The average Bonchev–Trinajstić information content (AvgIpc) is 2.24. The molecular weight excluding hydrogens is 194 g/mol. The molecule has 0 aliphatic rings. The summed E-state index contributed by atoms with van der Waals surface area (Å²) in [6.07, 6.45) is 1.05. The summed E-state index contributed by atoms with van der Waals surface area (Å²) in [5.41, 5.74) is 1.32. The van der Waals surface area contributed by atoms with E-state index in [0.29, 0.717) is 6.04 Å². The van der Waals surface area contributed by atoms with Crippen LogP contribution in [0.25, 0.3) is 0 Å². The molecule has 0 saturated carbocycles. The fraction of sp³-hybridized carbons (Fsp3) is 0.500. The summed E-state index contributed by atoms with van der Waals surface area (Å²) in [6.45, 7) is 6.16. The van der Waals surface area contributed by atoms with Gasteiger partial charge < -0.3 is 5.32 Å². The summed E-state index contributed by atoms with van der Waals surface area (Å²) in [6, 6.07) is 8.51. The monoisotopic (exact) mass is 213 g/mol. The Morgan fingerprint density at radius 3 is 2.14 bits per heavy atom. The van der Waals surface area contributed by atoms with Gasteiger partial charge in [-0.15, -0.1) is 0 Å². The van der Waals surface area contributed by atoms with Crippen LogP contribution in [0.5, 0.6) is 0 Å². The highest BCUT2D eigenvalue weighted by Gasteiger charge is 1.99. The SMILES string of the molecule is CC.CNC(C)Cc1ccc(Cl)cc1. The van der Waals surface area contributed by atoms with Crippen molar-refractivity contribution in [2.24, 2.45) is 0 Å². The van der Waals surface area contributed by atoms with Crippen LogP contribution in [0, 0.1) is 0 Å². The van der Waals surface area contributed by atoms with Crippen molar-refractivity contribution in [2.45, 2.75) is 33.2 Å². The van der Waals surface area contributed by atoms with Crippen LogP contribution in [0.2, 0.25) is 5.02 Å². The largest absolute Gasteiger partial charge is 0.317 e. The van der Waals surface area contributed by atoms with E-state index in [0.717, 1.165) is 11.4 Å². The number of halogens is 1. The molecule has 1 rings (SSSR count). The van der Waals surface area contributed by atoms with Gasteiger partial charge in [-0.2, -0.15) is 0 Å². The van der Waals surface area contributed by atoms with Gasteiger partial charge >= 0.3 is 0 Å². The Kier molecular flexibility index (Phi) is 7.54. The molecule has 0 spiro atoms. The Bertz CT molecular complexity index is 231. The van der Waals surface area contributed by atoms with Gasteiger partial charge in [0.05, 0.1) is 0 Å². The molecule has 80 valence electrons. The fourth-order valence-corrected chi connectivity index (χ4v) is 1.20. The lowest BCUT2D eigenvalue weighted by molar-refractivity contribution is 0.608. The molecule has 0 aliphatic carbocycles. The predicted octanol–water partition coefficient (Wildman–Crippen LogP) is 3.52. The van der Waals surface area contributed by atoms with E-state index in [1.165, 1.54) is 5.56 Å². The van der Waals surface area contributed by atoms with Gasteiger partial charge in [0.25, 0.3) is 0 Å². The molecule has 1 atom stereocenters. The summed E-state index contributed by atoms with van der Waals surface area (Å²) in [7, 11) is 1.97. The minimum atomic E-state index is 0.520. The van der Waals surface area contributed by atoms with Gasteiger partial charge in [-0.05, 0) is 38.1 Å². The first kappa shape index (κ1) is 13.5. The lowest BCUT2D eigenvalue weighted by atomic mass is 10.1. The quantitative estimate of drug-likeness (QED) is 0.811. The zero-order chi connectivity index (χ0) is 11.0. The Balaban J connectivity index is 0.000000791. The molecule has 14 heavy (non-hydrogen) atoms. The van der Waals surface area contributed by atoms with Crippen LogP contribution in [-0.2, 0) is 6.42 Å². The second-order valence-electron chi connectivity index (χ2n) is 3.02. The second-order valence-corrected chi connectivity index (χ2v) is 3.46. The molecule has 0 amide bonds. The number of hydrogen-bond donors (Lipinski definition) is 1. The molecule has 1 unspecified atom stereocenters. The van der Waals surface area contributed by atoms with Crippen molar-refractivity contribution in [3.8, 4) is 0 Å². The van der Waals surface area contributed by atoms with Gasteiger partial charge in [-0.1, -0.05) is 37.6 Å². The van der Waals surface area contributed by atoms with Gasteiger partial charge in [0, 0.05) is 11.1 Å². The van der Waals surface area contributed by atoms with Gasteiger partial charge in [-0.25, -0.2) is 0 Å². The van der Waals surface area contributed by atoms with Crippen molar-refractivity contribution in [1.82, 2.24) is 5.32 Å². The lowest BCUT2D eigenvalue weighted by Crippen LogP contribution is -2.23. The van der Waals surface area contributed by atoms with E-state index in [4.69, 9.17) is 11.6 Å². The Morgan fingerprint density at radius 1 is 1.21 bits per heavy atom. The van der Waals surface area contributed by atoms with Crippen molar-refractivity contribution in [3.63, 3.8) is 0 Å². The zero-order valence-corrected chi connectivity index (χ0v) is 10.2. The topological polar surface area (TPSA) is 12.0 Å². The van der Waals surface area contributed by atoms with Crippen LogP contribution in [0.1, 0.15) is 26.3 Å².